The predicted molar refractivity (Wildman–Crippen MR) is 116 cm³/mol. The van der Waals surface area contributed by atoms with Gasteiger partial charge in [0.2, 0.25) is 0 Å². The summed E-state index contributed by atoms with van der Waals surface area (Å²) < 4.78 is 11.3. The number of carbonyl (C=O) groups is 2. The van der Waals surface area contributed by atoms with Crippen LogP contribution in [0.2, 0.25) is 0 Å². The van der Waals surface area contributed by atoms with Gasteiger partial charge in [-0.15, -0.1) is 0 Å². The molecule has 1 saturated carbocycles. The smallest absolute Gasteiger partial charge is 0.254 e. The molecule has 2 aromatic carbocycles. The second-order valence-corrected chi connectivity index (χ2v) is 8.26. The molecule has 2 aromatic rings. The minimum atomic E-state index is -0.253. The third-order valence-electron chi connectivity index (χ3n) is 6.48. The first kappa shape index (κ1) is 19.5. The molecular formula is C25H24N2O4. The molecule has 0 N–H and O–H groups in total. The maximum Gasteiger partial charge on any atom is 0.254 e. The van der Waals surface area contributed by atoms with Crippen molar-refractivity contribution >= 4 is 18.0 Å². The van der Waals surface area contributed by atoms with E-state index in [1.54, 1.807) is 19.2 Å². The molecule has 2 amide bonds. The molecule has 6 nitrogen and oxygen atoms in total. The van der Waals surface area contributed by atoms with Crippen molar-refractivity contribution in [2.75, 3.05) is 7.11 Å². The maximum atomic E-state index is 12.9. The summed E-state index contributed by atoms with van der Waals surface area (Å²) in [5.41, 5.74) is 1.78. The normalized spacial score (nSPS) is 26.5. The van der Waals surface area contributed by atoms with E-state index in [0.29, 0.717) is 18.1 Å². The summed E-state index contributed by atoms with van der Waals surface area (Å²) in [4.78, 5) is 25.7. The molecule has 0 aromatic heterocycles. The number of methoxy groups -OCH3 is 1. The van der Waals surface area contributed by atoms with Gasteiger partial charge in [-0.25, -0.2) is 0 Å². The summed E-state index contributed by atoms with van der Waals surface area (Å²) in [6.07, 6.45) is 7.69. The van der Waals surface area contributed by atoms with E-state index in [9.17, 15) is 9.59 Å². The first-order valence-electron chi connectivity index (χ1n) is 10.6. The van der Waals surface area contributed by atoms with E-state index in [0.717, 1.165) is 29.0 Å². The fourth-order valence-corrected chi connectivity index (χ4v) is 4.92. The molecule has 1 aliphatic heterocycles. The number of benzene rings is 2. The highest BCUT2D eigenvalue weighted by Gasteiger charge is 2.56. The van der Waals surface area contributed by atoms with Gasteiger partial charge >= 0.3 is 0 Å². The van der Waals surface area contributed by atoms with Crippen molar-refractivity contribution < 1.29 is 19.1 Å². The highest BCUT2D eigenvalue weighted by molar-refractivity contribution is 6.06. The monoisotopic (exact) mass is 416 g/mol. The number of hydrazone groups is 1. The minimum Gasteiger partial charge on any atom is -0.493 e. The first-order chi connectivity index (χ1) is 15.2. The van der Waals surface area contributed by atoms with E-state index in [2.05, 4.69) is 17.3 Å². The lowest BCUT2D eigenvalue weighted by atomic mass is 9.63. The van der Waals surface area contributed by atoms with Crippen molar-refractivity contribution in [2.45, 2.75) is 19.4 Å². The van der Waals surface area contributed by atoms with Gasteiger partial charge in [-0.1, -0.05) is 42.5 Å². The number of allylic oxidation sites excluding steroid dienone is 2. The van der Waals surface area contributed by atoms with Crippen molar-refractivity contribution in [3.05, 3.63) is 71.8 Å². The number of rotatable bonds is 6. The molecule has 2 bridgehead atoms. The van der Waals surface area contributed by atoms with Crippen LogP contribution < -0.4 is 9.47 Å². The molecule has 4 atom stereocenters. The highest BCUT2D eigenvalue weighted by Crippen LogP contribution is 2.49. The van der Waals surface area contributed by atoms with Crippen LogP contribution >= 0.6 is 0 Å². The SMILES string of the molecule is COc1cc(/C=N/N2C(=O)C3C4C=CC(CC4)C3C2=O)ccc1OCc1ccccc1. The molecule has 1 heterocycles. The van der Waals surface area contributed by atoms with Gasteiger partial charge in [-0.2, -0.15) is 10.1 Å². The second-order valence-electron chi connectivity index (χ2n) is 8.26. The van der Waals surface area contributed by atoms with Crippen molar-refractivity contribution in [3.63, 3.8) is 0 Å². The Morgan fingerprint density at radius 1 is 0.968 bits per heavy atom. The van der Waals surface area contributed by atoms with E-state index >= 15 is 0 Å². The number of carbonyl (C=O) groups excluding carboxylic acids is 2. The summed E-state index contributed by atoms with van der Waals surface area (Å²) in [5.74, 6) is 0.634. The molecule has 6 heteroatoms. The molecule has 31 heavy (non-hydrogen) atoms. The Bertz CT molecular complexity index is 1030. The number of ether oxygens (including phenoxy) is 2. The molecule has 158 valence electrons. The van der Waals surface area contributed by atoms with Gasteiger partial charge in [-0.3, -0.25) is 9.59 Å². The molecule has 2 fully saturated rings. The van der Waals surface area contributed by atoms with Gasteiger partial charge in [0.25, 0.3) is 11.8 Å². The second kappa shape index (κ2) is 8.02. The van der Waals surface area contributed by atoms with Gasteiger partial charge in [-0.05, 0) is 54.0 Å². The van der Waals surface area contributed by atoms with Gasteiger partial charge < -0.3 is 9.47 Å². The quantitative estimate of drug-likeness (QED) is 0.408. The van der Waals surface area contributed by atoms with Gasteiger partial charge in [0.05, 0.1) is 25.2 Å². The van der Waals surface area contributed by atoms with Crippen LogP contribution in [0.25, 0.3) is 0 Å². The Hall–Kier alpha value is -3.41. The topological polar surface area (TPSA) is 68.2 Å². The van der Waals surface area contributed by atoms with E-state index in [4.69, 9.17) is 9.47 Å². The third-order valence-corrected chi connectivity index (χ3v) is 6.48. The van der Waals surface area contributed by atoms with Gasteiger partial charge in [0.1, 0.15) is 6.61 Å². The minimum absolute atomic E-state index is 0.160. The fraction of sp³-hybridized carbons (Fsp3) is 0.320. The van der Waals surface area contributed by atoms with Gasteiger partial charge in [0, 0.05) is 0 Å². The van der Waals surface area contributed by atoms with Crippen molar-refractivity contribution in [2.24, 2.45) is 28.8 Å². The number of hydrogen-bond acceptors (Lipinski definition) is 5. The maximum absolute atomic E-state index is 12.9. The fourth-order valence-electron chi connectivity index (χ4n) is 4.92. The Morgan fingerprint density at radius 2 is 1.65 bits per heavy atom. The number of fused-ring (bicyclic) bond motifs is 1. The lowest BCUT2D eigenvalue weighted by Gasteiger charge is -2.37. The molecule has 3 aliphatic carbocycles. The van der Waals surface area contributed by atoms with Crippen LogP contribution in [0.4, 0.5) is 0 Å². The van der Waals surface area contributed by atoms with E-state index in [1.807, 2.05) is 36.4 Å². The van der Waals surface area contributed by atoms with Crippen LogP contribution in [0.3, 0.4) is 0 Å². The van der Waals surface area contributed by atoms with Crippen LogP contribution in [0, 0.1) is 23.7 Å². The van der Waals surface area contributed by atoms with Crippen LogP contribution in [0.1, 0.15) is 24.0 Å². The molecule has 4 aliphatic rings. The Morgan fingerprint density at radius 3 is 2.26 bits per heavy atom. The largest absolute Gasteiger partial charge is 0.493 e. The molecular weight excluding hydrogens is 392 g/mol. The Kier molecular flexibility index (Phi) is 5.06. The van der Waals surface area contributed by atoms with Crippen molar-refractivity contribution in [1.29, 1.82) is 0 Å². The molecule has 6 rings (SSSR count). The summed E-state index contributed by atoms with van der Waals surface area (Å²) in [6.45, 7) is 0.431. The summed E-state index contributed by atoms with van der Waals surface area (Å²) in [6, 6.07) is 15.3. The predicted octanol–water partition coefficient (Wildman–Crippen LogP) is 3.81. The zero-order chi connectivity index (χ0) is 21.4. The number of hydrogen-bond donors (Lipinski definition) is 0. The standard InChI is InChI=1S/C25H24N2O4/c1-30-21-13-17(7-12-20(21)31-15-16-5-3-2-4-6-16)14-26-27-24(28)22-18-8-9-19(11-10-18)23(22)25(27)29/h2-9,12-14,18-19,22-23H,10-11,15H2,1H3/b26-14+. The summed E-state index contributed by atoms with van der Waals surface area (Å²) >= 11 is 0. The zero-order valence-corrected chi connectivity index (χ0v) is 17.3. The lowest BCUT2D eigenvalue weighted by molar-refractivity contribution is -0.140. The van der Waals surface area contributed by atoms with Crippen LogP contribution in [-0.2, 0) is 16.2 Å². The molecule has 0 spiro atoms. The average Bonchev–Trinajstić information content (AvgIpc) is 3.09. The van der Waals surface area contributed by atoms with Crippen LogP contribution in [0.15, 0.2) is 65.8 Å². The lowest BCUT2D eigenvalue weighted by Crippen LogP contribution is -2.38. The number of amides is 2. The van der Waals surface area contributed by atoms with E-state index in [1.165, 1.54) is 6.21 Å². The number of nitrogens with zero attached hydrogens (tertiary/aromatic N) is 2. The van der Waals surface area contributed by atoms with Crippen LogP contribution in [0.5, 0.6) is 11.5 Å². The summed E-state index contributed by atoms with van der Waals surface area (Å²) in [5, 5.41) is 5.33. The Balaban J connectivity index is 1.31. The van der Waals surface area contributed by atoms with E-state index < -0.39 is 0 Å². The molecule has 4 unspecified atom stereocenters. The number of imide groups is 1. The average molecular weight is 416 g/mol. The van der Waals surface area contributed by atoms with E-state index in [-0.39, 0.29) is 35.5 Å². The Labute approximate surface area is 181 Å². The highest BCUT2D eigenvalue weighted by atomic mass is 16.5. The summed E-state index contributed by atoms with van der Waals surface area (Å²) in [7, 11) is 1.58. The van der Waals surface area contributed by atoms with Crippen LogP contribution in [-0.4, -0.2) is 30.1 Å². The van der Waals surface area contributed by atoms with Crippen molar-refractivity contribution in [3.8, 4) is 11.5 Å². The third kappa shape index (κ3) is 3.52. The zero-order valence-electron chi connectivity index (χ0n) is 17.3. The first-order valence-corrected chi connectivity index (χ1v) is 10.6. The molecule has 1 saturated heterocycles. The molecule has 0 radical (unpaired) electrons. The van der Waals surface area contributed by atoms with Gasteiger partial charge in [0.15, 0.2) is 11.5 Å². The van der Waals surface area contributed by atoms with Crippen molar-refractivity contribution in [1.82, 2.24) is 5.01 Å².